The zero-order chi connectivity index (χ0) is 30.4. The summed E-state index contributed by atoms with van der Waals surface area (Å²) >= 11 is 0. The molecule has 3 aromatic rings. The Hall–Kier alpha value is -4.16. The first kappa shape index (κ1) is 28.6. The number of likely N-dealkylation sites (N-methyl/N-ethyl adjacent to an activating group) is 1. The molecule has 4 heterocycles. The van der Waals surface area contributed by atoms with E-state index < -0.39 is 0 Å². The van der Waals surface area contributed by atoms with E-state index in [4.69, 9.17) is 14.7 Å². The summed E-state index contributed by atoms with van der Waals surface area (Å²) in [5.74, 6) is 1.27. The number of benzene rings is 2. The van der Waals surface area contributed by atoms with E-state index in [9.17, 15) is 10.1 Å². The number of anilines is 2. The molecule has 0 saturated carbocycles. The van der Waals surface area contributed by atoms with Gasteiger partial charge in [0.25, 0.3) is 0 Å². The molecule has 0 unspecified atom stereocenters. The van der Waals surface area contributed by atoms with Crippen molar-refractivity contribution < 1.29 is 9.53 Å². The Morgan fingerprint density at radius 1 is 1.14 bits per heavy atom. The highest BCUT2D eigenvalue weighted by Crippen LogP contribution is 2.49. The number of carbonyl (C=O) groups is 1. The Bertz CT molecular complexity index is 1630. The van der Waals surface area contributed by atoms with Crippen LogP contribution in [0.4, 0.5) is 11.5 Å². The molecule has 228 valence electrons. The SMILES string of the molecule is C=CC(=O)N1CCN(c2nc(OC[C@@H]3CCCN3C)nc3c2C[C@@H]2C[C@H]3N(c3cccc4cccc(C)c34)C2)C[C@@H]1CC#N. The summed E-state index contributed by atoms with van der Waals surface area (Å²) in [5, 5.41) is 12.2. The van der Waals surface area contributed by atoms with E-state index in [1.54, 1.807) is 4.90 Å². The third-order valence-corrected chi connectivity index (χ3v) is 10.2. The van der Waals surface area contributed by atoms with Crippen LogP contribution in [0.25, 0.3) is 10.8 Å². The van der Waals surface area contributed by atoms with Crippen molar-refractivity contribution in [2.45, 2.75) is 57.2 Å². The summed E-state index contributed by atoms with van der Waals surface area (Å²) < 4.78 is 6.41. The molecule has 0 radical (unpaired) electrons. The maximum Gasteiger partial charge on any atom is 0.318 e. The van der Waals surface area contributed by atoms with Crippen molar-refractivity contribution >= 4 is 28.2 Å². The van der Waals surface area contributed by atoms with E-state index in [-0.39, 0.29) is 24.4 Å². The van der Waals surface area contributed by atoms with E-state index in [0.717, 1.165) is 43.9 Å². The normalized spacial score (nSPS) is 24.8. The molecule has 1 aliphatic carbocycles. The number of ether oxygens (including phenoxy) is 1. The van der Waals surface area contributed by atoms with Crippen LogP contribution in [0.2, 0.25) is 0 Å². The Morgan fingerprint density at radius 3 is 2.75 bits per heavy atom. The average Bonchev–Trinajstić information content (AvgIpc) is 3.62. The van der Waals surface area contributed by atoms with Crippen molar-refractivity contribution in [3.63, 3.8) is 0 Å². The first-order valence-electron chi connectivity index (χ1n) is 16.0. The molecule has 3 saturated heterocycles. The van der Waals surface area contributed by atoms with E-state index >= 15 is 0 Å². The first-order valence-corrected chi connectivity index (χ1v) is 16.0. The van der Waals surface area contributed by atoms with Gasteiger partial charge in [-0.3, -0.25) is 4.79 Å². The topological polar surface area (TPSA) is 88.8 Å². The molecule has 0 spiro atoms. The molecule has 3 aliphatic heterocycles. The number of hydrogen-bond acceptors (Lipinski definition) is 8. The van der Waals surface area contributed by atoms with Gasteiger partial charge in [0, 0.05) is 48.9 Å². The largest absolute Gasteiger partial charge is 0.462 e. The number of rotatable bonds is 7. The quantitative estimate of drug-likeness (QED) is 0.367. The first-order chi connectivity index (χ1) is 21.4. The third kappa shape index (κ3) is 5.05. The van der Waals surface area contributed by atoms with Gasteiger partial charge in [-0.1, -0.05) is 36.9 Å². The zero-order valence-electron chi connectivity index (χ0n) is 25.8. The Morgan fingerprint density at radius 2 is 1.98 bits per heavy atom. The van der Waals surface area contributed by atoms with Crippen LogP contribution in [-0.2, 0) is 11.2 Å². The molecule has 1 aromatic heterocycles. The number of amides is 1. The molecular weight excluding hydrogens is 550 g/mol. The van der Waals surface area contributed by atoms with Gasteiger partial charge in [0.15, 0.2) is 0 Å². The smallest absolute Gasteiger partial charge is 0.318 e. The molecule has 4 atom stereocenters. The summed E-state index contributed by atoms with van der Waals surface area (Å²) in [6, 6.07) is 16.1. The second-order valence-corrected chi connectivity index (χ2v) is 12.9. The number of aromatic nitrogens is 2. The lowest BCUT2D eigenvalue weighted by atomic mass is 9.87. The Labute approximate surface area is 259 Å². The van der Waals surface area contributed by atoms with Gasteiger partial charge in [-0.2, -0.15) is 15.2 Å². The Balaban J connectivity index is 1.28. The van der Waals surface area contributed by atoms with Crippen LogP contribution in [0.15, 0.2) is 49.1 Å². The second kappa shape index (κ2) is 11.7. The van der Waals surface area contributed by atoms with Crippen molar-refractivity contribution in [1.29, 1.82) is 5.26 Å². The summed E-state index contributed by atoms with van der Waals surface area (Å²) in [7, 11) is 2.16. The van der Waals surface area contributed by atoms with Crippen LogP contribution < -0.4 is 14.5 Å². The monoisotopic (exact) mass is 591 g/mol. The van der Waals surface area contributed by atoms with Crippen molar-refractivity contribution in [2.24, 2.45) is 5.92 Å². The number of carbonyl (C=O) groups excluding carboxylic acids is 1. The minimum absolute atomic E-state index is 0.126. The van der Waals surface area contributed by atoms with E-state index in [2.05, 4.69) is 77.7 Å². The summed E-state index contributed by atoms with van der Waals surface area (Å²) in [4.78, 5) is 31.9. The number of hydrogen-bond donors (Lipinski definition) is 0. The molecular formula is C35H41N7O2. The predicted octanol–water partition coefficient (Wildman–Crippen LogP) is 4.65. The van der Waals surface area contributed by atoms with Gasteiger partial charge in [-0.15, -0.1) is 0 Å². The van der Waals surface area contributed by atoms with Gasteiger partial charge in [0.2, 0.25) is 5.91 Å². The predicted molar refractivity (Wildman–Crippen MR) is 172 cm³/mol. The minimum atomic E-state index is -0.225. The van der Waals surface area contributed by atoms with Crippen molar-refractivity contribution in [3.8, 4) is 12.1 Å². The molecule has 2 bridgehead atoms. The van der Waals surface area contributed by atoms with Crippen molar-refractivity contribution in [2.75, 3.05) is 56.2 Å². The van der Waals surface area contributed by atoms with Crippen LogP contribution >= 0.6 is 0 Å². The molecule has 44 heavy (non-hydrogen) atoms. The maximum absolute atomic E-state index is 12.6. The molecule has 3 fully saturated rings. The van der Waals surface area contributed by atoms with Crippen LogP contribution in [0, 0.1) is 24.2 Å². The van der Waals surface area contributed by atoms with Gasteiger partial charge in [-0.05, 0) is 75.2 Å². The van der Waals surface area contributed by atoms with Crippen LogP contribution in [-0.4, -0.2) is 84.1 Å². The molecule has 1 amide bonds. The molecule has 4 aliphatic rings. The lowest BCUT2D eigenvalue weighted by Gasteiger charge is -2.42. The number of piperazine rings is 1. The standard InChI is InChI=1S/C35H41N7O2/c1-4-31(43)41-17-16-40(21-26(41)13-14-36)34-28-18-24-19-30(33(28)37-35(38-34)44-22-27-11-7-15-39(27)3)42(20-24)29-12-6-10-25-9-5-8-23(2)32(25)29/h4-6,8-10,12,24,26-27,30H,1,7,11,13,15-22H2,2-3H3/t24-,26+,27+,30-/m1/s1. The summed E-state index contributed by atoms with van der Waals surface area (Å²) in [6.45, 7) is 10.2. The van der Waals surface area contributed by atoms with E-state index in [1.165, 1.54) is 40.1 Å². The summed E-state index contributed by atoms with van der Waals surface area (Å²) in [6.07, 6.45) is 5.86. The highest BCUT2D eigenvalue weighted by atomic mass is 16.5. The fraction of sp³-hybridized carbons (Fsp3) is 0.486. The van der Waals surface area contributed by atoms with E-state index in [0.29, 0.717) is 44.2 Å². The fourth-order valence-corrected chi connectivity index (χ4v) is 7.99. The second-order valence-electron chi connectivity index (χ2n) is 12.9. The third-order valence-electron chi connectivity index (χ3n) is 10.2. The van der Waals surface area contributed by atoms with Crippen LogP contribution in [0.5, 0.6) is 6.01 Å². The van der Waals surface area contributed by atoms with E-state index in [1.807, 2.05) is 0 Å². The van der Waals surface area contributed by atoms with Crippen molar-refractivity contribution in [1.82, 2.24) is 19.8 Å². The highest BCUT2D eigenvalue weighted by Gasteiger charge is 2.43. The van der Waals surface area contributed by atoms with Gasteiger partial charge in [0.1, 0.15) is 12.4 Å². The molecule has 2 aromatic carbocycles. The van der Waals surface area contributed by atoms with Crippen molar-refractivity contribution in [3.05, 3.63) is 65.9 Å². The van der Waals surface area contributed by atoms with Gasteiger partial charge < -0.3 is 24.3 Å². The number of nitrogens with zero attached hydrogens (tertiary/aromatic N) is 7. The van der Waals surface area contributed by atoms with Gasteiger partial charge in [-0.25, -0.2) is 0 Å². The molecule has 9 nitrogen and oxygen atoms in total. The molecule has 9 heteroatoms. The highest BCUT2D eigenvalue weighted by molar-refractivity contribution is 5.97. The summed E-state index contributed by atoms with van der Waals surface area (Å²) in [5.41, 5.74) is 4.80. The maximum atomic E-state index is 12.6. The number of nitriles is 1. The van der Waals surface area contributed by atoms with Crippen LogP contribution in [0.3, 0.4) is 0 Å². The molecule has 0 N–H and O–H groups in total. The number of fused-ring (bicyclic) bond motifs is 5. The lowest BCUT2D eigenvalue weighted by Crippen LogP contribution is -2.55. The molecule has 7 rings (SSSR count). The fourth-order valence-electron chi connectivity index (χ4n) is 7.99. The average molecular weight is 592 g/mol. The zero-order valence-corrected chi connectivity index (χ0v) is 25.8. The van der Waals surface area contributed by atoms with Gasteiger partial charge in [0.05, 0.1) is 30.3 Å². The lowest BCUT2D eigenvalue weighted by molar-refractivity contribution is -0.128. The Kier molecular flexibility index (Phi) is 7.63. The van der Waals surface area contributed by atoms with Gasteiger partial charge >= 0.3 is 6.01 Å². The number of likely N-dealkylation sites (tertiary alicyclic amines) is 1. The minimum Gasteiger partial charge on any atom is -0.462 e. The number of aryl methyl sites for hydroxylation is 1. The van der Waals surface area contributed by atoms with Crippen LogP contribution in [0.1, 0.15) is 48.5 Å².